The first kappa shape index (κ1) is 14.7. The van der Waals surface area contributed by atoms with Gasteiger partial charge in [0.25, 0.3) is 0 Å². The summed E-state index contributed by atoms with van der Waals surface area (Å²) >= 11 is 0. The number of rotatable bonds is 3. The van der Waals surface area contributed by atoms with Crippen LogP contribution in [0.3, 0.4) is 0 Å². The molecule has 1 saturated carbocycles. The van der Waals surface area contributed by atoms with E-state index in [1.54, 1.807) is 0 Å². The quantitative estimate of drug-likeness (QED) is 0.885. The van der Waals surface area contributed by atoms with Gasteiger partial charge in [-0.1, -0.05) is 56.4 Å². The van der Waals surface area contributed by atoms with Crippen molar-refractivity contribution in [1.29, 1.82) is 0 Å². The van der Waals surface area contributed by atoms with Crippen molar-refractivity contribution in [3.05, 3.63) is 53.1 Å². The van der Waals surface area contributed by atoms with Gasteiger partial charge in [0.05, 0.1) is 11.4 Å². The molecule has 0 atom stereocenters. The Hall–Kier alpha value is -1.90. The second kappa shape index (κ2) is 6.31. The van der Waals surface area contributed by atoms with Gasteiger partial charge >= 0.3 is 0 Å². The Balaban J connectivity index is 1.56. The summed E-state index contributed by atoms with van der Waals surface area (Å²) in [6.45, 7) is 4.28. The highest BCUT2D eigenvalue weighted by atomic mass is 15.3. The monoisotopic (exact) mass is 309 g/mol. The van der Waals surface area contributed by atoms with E-state index in [0.717, 1.165) is 19.0 Å². The number of nitrogens with zero attached hydrogens (tertiary/aromatic N) is 1. The fourth-order valence-electron chi connectivity index (χ4n) is 4.15. The summed E-state index contributed by atoms with van der Waals surface area (Å²) in [7, 11) is 0. The first-order valence-corrected chi connectivity index (χ1v) is 9.10. The largest absolute Gasteiger partial charge is 0.384 e. The molecule has 1 aliphatic carbocycles. The zero-order valence-electron chi connectivity index (χ0n) is 14.1. The number of fused-ring (bicyclic) bond motifs is 1. The van der Waals surface area contributed by atoms with Crippen LogP contribution in [-0.4, -0.2) is 18.0 Å². The highest BCUT2D eigenvalue weighted by Crippen LogP contribution is 2.33. The fourth-order valence-corrected chi connectivity index (χ4v) is 4.15. The van der Waals surface area contributed by atoms with Gasteiger partial charge in [-0.3, -0.25) is 0 Å². The van der Waals surface area contributed by atoms with Crippen molar-refractivity contribution < 1.29 is 0 Å². The van der Waals surface area contributed by atoms with E-state index < -0.39 is 0 Å². The van der Waals surface area contributed by atoms with Crippen molar-refractivity contribution in [3.8, 4) is 0 Å². The second-order valence-corrected chi connectivity index (χ2v) is 7.14. The number of nitrogens with one attached hydrogen (secondary N) is 2. The predicted molar refractivity (Wildman–Crippen MR) is 95.2 cm³/mol. The lowest BCUT2D eigenvalue weighted by Crippen LogP contribution is -2.38. The number of aryl methyl sites for hydroxylation is 1. The van der Waals surface area contributed by atoms with Crippen molar-refractivity contribution in [2.45, 2.75) is 45.4 Å². The van der Waals surface area contributed by atoms with Gasteiger partial charge in [0, 0.05) is 24.9 Å². The van der Waals surface area contributed by atoms with E-state index in [1.165, 1.54) is 66.9 Å². The van der Waals surface area contributed by atoms with Crippen LogP contribution in [0.5, 0.6) is 0 Å². The van der Waals surface area contributed by atoms with Crippen LogP contribution in [0.25, 0.3) is 5.70 Å². The van der Waals surface area contributed by atoms with Crippen LogP contribution < -0.4 is 10.6 Å². The highest BCUT2D eigenvalue weighted by molar-refractivity contribution is 5.70. The van der Waals surface area contributed by atoms with Gasteiger partial charge in [-0.25, -0.2) is 0 Å². The topological polar surface area (TPSA) is 27.3 Å². The zero-order chi connectivity index (χ0) is 15.6. The summed E-state index contributed by atoms with van der Waals surface area (Å²) in [6, 6.07) is 8.63. The SMILES string of the molecule is Cc1ccccc1C1=CN2CCNC(CC3CCCCC3)=C2N1. The van der Waals surface area contributed by atoms with E-state index in [0.29, 0.717) is 0 Å². The molecule has 3 nitrogen and oxygen atoms in total. The molecule has 3 heteroatoms. The summed E-state index contributed by atoms with van der Waals surface area (Å²) in [4.78, 5) is 2.40. The van der Waals surface area contributed by atoms with Gasteiger partial charge in [0.1, 0.15) is 5.82 Å². The van der Waals surface area contributed by atoms with Crippen molar-refractivity contribution in [1.82, 2.24) is 15.5 Å². The Morgan fingerprint density at radius 1 is 1.13 bits per heavy atom. The number of hydrogen-bond donors (Lipinski definition) is 2. The van der Waals surface area contributed by atoms with Crippen LogP contribution in [0.1, 0.15) is 49.7 Å². The summed E-state index contributed by atoms with van der Waals surface area (Å²) in [6.07, 6.45) is 10.5. The molecule has 1 aromatic carbocycles. The molecule has 0 amide bonds. The standard InChI is InChI=1S/C20H27N3/c1-15-7-5-6-10-17(15)19-14-23-12-11-21-18(20(23)22-19)13-16-8-3-2-4-9-16/h5-7,10,14,16,21-22H,2-4,8-9,11-13H2,1H3. The third kappa shape index (κ3) is 2.97. The van der Waals surface area contributed by atoms with Gasteiger partial charge in [-0.05, 0) is 24.8 Å². The Bertz CT molecular complexity index is 638. The molecule has 2 N–H and O–H groups in total. The normalized spacial score (nSPS) is 21.6. The summed E-state index contributed by atoms with van der Waals surface area (Å²) in [5.74, 6) is 2.16. The summed E-state index contributed by atoms with van der Waals surface area (Å²) < 4.78 is 0. The number of benzene rings is 1. The molecule has 0 saturated heterocycles. The van der Waals surface area contributed by atoms with Crippen LogP contribution in [-0.2, 0) is 0 Å². The maximum atomic E-state index is 3.69. The number of hydrogen-bond acceptors (Lipinski definition) is 3. The Morgan fingerprint density at radius 3 is 2.78 bits per heavy atom. The van der Waals surface area contributed by atoms with E-state index in [1.807, 2.05) is 0 Å². The highest BCUT2D eigenvalue weighted by Gasteiger charge is 2.27. The molecular weight excluding hydrogens is 282 g/mol. The summed E-state index contributed by atoms with van der Waals surface area (Å²) in [5.41, 5.74) is 5.30. The minimum atomic E-state index is 0.864. The molecule has 2 heterocycles. The Morgan fingerprint density at radius 2 is 1.96 bits per heavy atom. The molecule has 0 unspecified atom stereocenters. The van der Waals surface area contributed by atoms with E-state index in [2.05, 4.69) is 52.9 Å². The minimum absolute atomic E-state index is 0.864. The average molecular weight is 309 g/mol. The van der Waals surface area contributed by atoms with E-state index >= 15 is 0 Å². The zero-order valence-corrected chi connectivity index (χ0v) is 14.1. The maximum absolute atomic E-state index is 3.69. The molecular formula is C20H27N3. The van der Waals surface area contributed by atoms with Crippen LogP contribution in [0.15, 0.2) is 42.0 Å². The molecule has 0 aromatic heterocycles. The molecule has 2 aliphatic heterocycles. The second-order valence-electron chi connectivity index (χ2n) is 7.14. The molecule has 0 spiro atoms. The maximum Gasteiger partial charge on any atom is 0.130 e. The van der Waals surface area contributed by atoms with Gasteiger partial charge in [-0.2, -0.15) is 0 Å². The van der Waals surface area contributed by atoms with Crippen LogP contribution in [0.2, 0.25) is 0 Å². The Labute approximate surface area is 139 Å². The molecule has 4 rings (SSSR count). The third-order valence-corrected chi connectivity index (χ3v) is 5.45. The summed E-state index contributed by atoms with van der Waals surface area (Å²) in [5, 5.41) is 7.36. The van der Waals surface area contributed by atoms with E-state index in [-0.39, 0.29) is 0 Å². The van der Waals surface area contributed by atoms with Crippen molar-refractivity contribution in [3.63, 3.8) is 0 Å². The first-order valence-electron chi connectivity index (χ1n) is 9.10. The van der Waals surface area contributed by atoms with Gasteiger partial charge in [0.15, 0.2) is 0 Å². The van der Waals surface area contributed by atoms with E-state index in [4.69, 9.17) is 0 Å². The molecule has 23 heavy (non-hydrogen) atoms. The van der Waals surface area contributed by atoms with Crippen molar-refractivity contribution in [2.24, 2.45) is 5.92 Å². The predicted octanol–water partition coefficient (Wildman–Crippen LogP) is 3.94. The minimum Gasteiger partial charge on any atom is -0.384 e. The Kier molecular flexibility index (Phi) is 4.02. The van der Waals surface area contributed by atoms with Crippen LogP contribution in [0, 0.1) is 12.8 Å². The molecule has 3 aliphatic rings. The fraction of sp³-hybridized carbons (Fsp3) is 0.500. The molecule has 1 aromatic rings. The van der Waals surface area contributed by atoms with Gasteiger partial charge in [-0.15, -0.1) is 0 Å². The smallest absolute Gasteiger partial charge is 0.130 e. The molecule has 1 fully saturated rings. The molecule has 0 radical (unpaired) electrons. The lowest BCUT2D eigenvalue weighted by atomic mass is 9.86. The third-order valence-electron chi connectivity index (χ3n) is 5.45. The van der Waals surface area contributed by atoms with Crippen LogP contribution >= 0.6 is 0 Å². The number of allylic oxidation sites excluding steroid dienone is 1. The van der Waals surface area contributed by atoms with Crippen molar-refractivity contribution >= 4 is 5.70 Å². The molecule has 122 valence electrons. The molecule has 0 bridgehead atoms. The lowest BCUT2D eigenvalue weighted by Gasteiger charge is -2.31. The van der Waals surface area contributed by atoms with E-state index in [9.17, 15) is 0 Å². The van der Waals surface area contributed by atoms with Crippen molar-refractivity contribution in [2.75, 3.05) is 13.1 Å². The van der Waals surface area contributed by atoms with Gasteiger partial charge in [0.2, 0.25) is 0 Å². The average Bonchev–Trinajstić information content (AvgIpc) is 3.01. The first-order chi connectivity index (χ1) is 11.3. The van der Waals surface area contributed by atoms with Gasteiger partial charge < -0.3 is 15.5 Å². The lowest BCUT2D eigenvalue weighted by molar-refractivity contribution is 0.333. The van der Waals surface area contributed by atoms with Crippen LogP contribution in [0.4, 0.5) is 0 Å².